The standard InChI is InChI=1S/C19H23N/c1-2-15-20(17-19-12-7-4-8-13-19)16-9-14-18-10-5-3-6-11-18/h2,4,7-8,10,12-13H,1,3,5-6,11,15-17H2. The molecule has 0 radical (unpaired) electrons. The third kappa shape index (κ3) is 5.07. The van der Waals surface area contributed by atoms with E-state index in [9.17, 15) is 0 Å². The van der Waals surface area contributed by atoms with E-state index in [1.807, 2.05) is 6.08 Å². The van der Waals surface area contributed by atoms with E-state index < -0.39 is 0 Å². The predicted molar refractivity (Wildman–Crippen MR) is 86.2 cm³/mol. The summed E-state index contributed by atoms with van der Waals surface area (Å²) in [6, 6.07) is 10.5. The summed E-state index contributed by atoms with van der Waals surface area (Å²) in [5.74, 6) is 6.65. The largest absolute Gasteiger partial charge is 0.284 e. The van der Waals surface area contributed by atoms with E-state index >= 15 is 0 Å². The highest BCUT2D eigenvalue weighted by atomic mass is 15.1. The number of rotatable bonds is 5. The number of hydrogen-bond acceptors (Lipinski definition) is 1. The maximum atomic E-state index is 3.84. The first-order valence-electron chi connectivity index (χ1n) is 7.43. The minimum absolute atomic E-state index is 0.804. The van der Waals surface area contributed by atoms with Crippen LogP contribution in [0, 0.1) is 11.8 Å². The highest BCUT2D eigenvalue weighted by molar-refractivity contribution is 5.30. The van der Waals surface area contributed by atoms with Gasteiger partial charge in [0, 0.05) is 13.1 Å². The van der Waals surface area contributed by atoms with E-state index in [4.69, 9.17) is 0 Å². The van der Waals surface area contributed by atoms with Gasteiger partial charge >= 0.3 is 0 Å². The Balaban J connectivity index is 1.90. The summed E-state index contributed by atoms with van der Waals surface area (Å²) in [5, 5.41) is 0. The molecule has 1 aromatic rings. The molecule has 0 saturated heterocycles. The summed E-state index contributed by atoms with van der Waals surface area (Å²) in [7, 11) is 0. The van der Waals surface area contributed by atoms with Gasteiger partial charge in [-0.25, -0.2) is 0 Å². The highest BCUT2D eigenvalue weighted by Crippen LogP contribution is 2.16. The summed E-state index contributed by atoms with van der Waals surface area (Å²) in [5.41, 5.74) is 2.66. The van der Waals surface area contributed by atoms with Crippen molar-refractivity contribution < 1.29 is 0 Å². The van der Waals surface area contributed by atoms with Crippen LogP contribution in [0.1, 0.15) is 31.2 Å². The Bertz CT molecular complexity index is 502. The minimum Gasteiger partial charge on any atom is -0.284 e. The SMILES string of the molecule is C=CCN(CC#CC1=CCCCC1)Cc1ccccc1. The number of allylic oxidation sites excluding steroid dienone is 2. The molecule has 0 heterocycles. The van der Waals surface area contributed by atoms with E-state index in [1.54, 1.807) is 0 Å². The fourth-order valence-corrected chi connectivity index (χ4v) is 2.43. The number of nitrogens with zero attached hydrogens (tertiary/aromatic N) is 1. The van der Waals surface area contributed by atoms with Crippen LogP contribution in [-0.4, -0.2) is 18.0 Å². The Morgan fingerprint density at radius 1 is 1.20 bits per heavy atom. The molecule has 0 bridgehead atoms. The van der Waals surface area contributed by atoms with Crippen LogP contribution in [0.15, 0.2) is 54.6 Å². The van der Waals surface area contributed by atoms with Crippen molar-refractivity contribution in [3.63, 3.8) is 0 Å². The van der Waals surface area contributed by atoms with Gasteiger partial charge in [-0.3, -0.25) is 4.90 Å². The van der Waals surface area contributed by atoms with Gasteiger partial charge in [0.2, 0.25) is 0 Å². The monoisotopic (exact) mass is 265 g/mol. The minimum atomic E-state index is 0.804. The van der Waals surface area contributed by atoms with E-state index in [2.05, 4.69) is 59.7 Å². The second-order valence-electron chi connectivity index (χ2n) is 5.22. The summed E-state index contributed by atoms with van der Waals surface area (Å²) < 4.78 is 0. The second kappa shape index (κ2) is 8.40. The lowest BCUT2D eigenvalue weighted by Crippen LogP contribution is -2.23. The van der Waals surface area contributed by atoms with Gasteiger partial charge in [0.15, 0.2) is 0 Å². The highest BCUT2D eigenvalue weighted by Gasteiger charge is 2.03. The third-order valence-electron chi connectivity index (χ3n) is 3.48. The molecule has 1 nitrogen and oxygen atoms in total. The van der Waals surface area contributed by atoms with Crippen molar-refractivity contribution in [2.45, 2.75) is 32.2 Å². The second-order valence-corrected chi connectivity index (χ2v) is 5.22. The number of hydrogen-bond donors (Lipinski definition) is 0. The van der Waals surface area contributed by atoms with Crippen LogP contribution in [0.2, 0.25) is 0 Å². The Labute approximate surface area is 123 Å². The zero-order chi connectivity index (χ0) is 14.0. The molecule has 0 aromatic heterocycles. The van der Waals surface area contributed by atoms with E-state index in [1.165, 1.54) is 30.4 Å². The summed E-state index contributed by atoms with van der Waals surface area (Å²) in [6.45, 7) is 6.45. The zero-order valence-corrected chi connectivity index (χ0v) is 12.1. The molecule has 1 heteroatoms. The van der Waals surface area contributed by atoms with Crippen LogP contribution >= 0.6 is 0 Å². The summed E-state index contributed by atoms with van der Waals surface area (Å²) in [6.07, 6.45) is 9.22. The lowest BCUT2D eigenvalue weighted by molar-refractivity contribution is 0.332. The van der Waals surface area contributed by atoms with E-state index in [-0.39, 0.29) is 0 Å². The van der Waals surface area contributed by atoms with E-state index in [0.29, 0.717) is 0 Å². The molecule has 0 spiro atoms. The van der Waals surface area contributed by atoms with Crippen LogP contribution in [0.25, 0.3) is 0 Å². The Hall–Kier alpha value is -1.78. The maximum absolute atomic E-state index is 3.84. The molecule has 104 valence electrons. The van der Waals surface area contributed by atoms with Crippen molar-refractivity contribution in [1.82, 2.24) is 4.90 Å². The van der Waals surface area contributed by atoms with Gasteiger partial charge in [-0.05, 0) is 36.8 Å². The van der Waals surface area contributed by atoms with Crippen molar-refractivity contribution in [2.24, 2.45) is 0 Å². The Morgan fingerprint density at radius 2 is 2.05 bits per heavy atom. The van der Waals surface area contributed by atoms with Crippen LogP contribution in [-0.2, 0) is 6.54 Å². The smallest absolute Gasteiger partial charge is 0.0611 e. The first-order chi connectivity index (χ1) is 9.88. The molecule has 0 amide bonds. The molecule has 0 N–H and O–H groups in total. The quantitative estimate of drug-likeness (QED) is 0.570. The first-order valence-corrected chi connectivity index (χ1v) is 7.43. The Morgan fingerprint density at radius 3 is 2.75 bits per heavy atom. The maximum Gasteiger partial charge on any atom is 0.0611 e. The normalized spacial score (nSPS) is 14.3. The summed E-state index contributed by atoms with van der Waals surface area (Å²) in [4.78, 5) is 2.32. The molecule has 0 saturated carbocycles. The molecule has 2 rings (SSSR count). The van der Waals surface area contributed by atoms with Gasteiger partial charge < -0.3 is 0 Å². The lowest BCUT2D eigenvalue weighted by atomic mass is 10.0. The molecule has 0 unspecified atom stereocenters. The molecule has 0 atom stereocenters. The fourth-order valence-electron chi connectivity index (χ4n) is 2.43. The molecule has 1 aromatic carbocycles. The molecule has 0 fully saturated rings. The van der Waals surface area contributed by atoms with Gasteiger partial charge in [0.25, 0.3) is 0 Å². The van der Waals surface area contributed by atoms with Crippen molar-refractivity contribution >= 4 is 0 Å². The van der Waals surface area contributed by atoms with Gasteiger partial charge in [-0.1, -0.05) is 54.3 Å². The van der Waals surface area contributed by atoms with Crippen molar-refractivity contribution in [2.75, 3.05) is 13.1 Å². The van der Waals surface area contributed by atoms with Crippen LogP contribution in [0.4, 0.5) is 0 Å². The first kappa shape index (κ1) is 14.6. The summed E-state index contributed by atoms with van der Waals surface area (Å²) >= 11 is 0. The van der Waals surface area contributed by atoms with Crippen molar-refractivity contribution in [1.29, 1.82) is 0 Å². The fraction of sp³-hybridized carbons (Fsp3) is 0.368. The molecular weight excluding hydrogens is 242 g/mol. The molecule has 1 aliphatic rings. The average Bonchev–Trinajstić information content (AvgIpc) is 2.49. The van der Waals surface area contributed by atoms with Gasteiger partial charge in [0.05, 0.1) is 6.54 Å². The van der Waals surface area contributed by atoms with Gasteiger partial charge in [0.1, 0.15) is 0 Å². The molecule has 20 heavy (non-hydrogen) atoms. The lowest BCUT2D eigenvalue weighted by Gasteiger charge is -2.17. The van der Waals surface area contributed by atoms with E-state index in [0.717, 1.165) is 26.1 Å². The molecular formula is C19H23N. The van der Waals surface area contributed by atoms with Crippen LogP contribution < -0.4 is 0 Å². The topological polar surface area (TPSA) is 3.24 Å². The van der Waals surface area contributed by atoms with Crippen molar-refractivity contribution in [3.05, 3.63) is 60.2 Å². The third-order valence-corrected chi connectivity index (χ3v) is 3.48. The molecule has 1 aliphatic carbocycles. The predicted octanol–water partition coefficient (Wildman–Crippen LogP) is 4.18. The number of benzene rings is 1. The van der Waals surface area contributed by atoms with Gasteiger partial charge in [-0.2, -0.15) is 0 Å². The Kier molecular flexibility index (Phi) is 6.14. The van der Waals surface area contributed by atoms with Crippen LogP contribution in [0.5, 0.6) is 0 Å². The van der Waals surface area contributed by atoms with Crippen molar-refractivity contribution in [3.8, 4) is 11.8 Å². The molecule has 0 aliphatic heterocycles. The van der Waals surface area contributed by atoms with Crippen LogP contribution in [0.3, 0.4) is 0 Å². The zero-order valence-electron chi connectivity index (χ0n) is 12.1. The van der Waals surface area contributed by atoms with Gasteiger partial charge in [-0.15, -0.1) is 6.58 Å². The average molecular weight is 265 g/mol.